The number of rotatable bonds is 4. The minimum Gasteiger partial charge on any atom is -0.549 e. The van der Waals surface area contributed by atoms with Crippen molar-refractivity contribution in [2.45, 2.75) is 6.54 Å². The van der Waals surface area contributed by atoms with Crippen LogP contribution < -0.4 is 69.3 Å². The second kappa shape index (κ2) is 8.15. The number of carbonyl (C=O) groups is 2. The van der Waals surface area contributed by atoms with Gasteiger partial charge in [-0.2, -0.15) is 0 Å². The van der Waals surface area contributed by atoms with Crippen molar-refractivity contribution in [2.24, 2.45) is 5.41 Å². The SMILES string of the molecule is O=C([O-])C1(C(=O)[O-])CN(Cc2ccc(Cl)cc2)C1.[Na+].[Na+]. The number of hydrogen-bond acceptors (Lipinski definition) is 5. The second-order valence-corrected chi connectivity index (χ2v) is 4.87. The standard InChI is InChI=1S/C12H12ClNO4.2Na/c13-9-3-1-8(2-4-9)5-14-6-12(7-14,10(15)16)11(17)18;;/h1-4H,5-7H2,(H,15,16)(H,17,18);;/q;2*+1/p-2. The van der Waals surface area contributed by atoms with Crippen LogP contribution in [0.15, 0.2) is 24.3 Å². The number of aliphatic carboxylic acids is 2. The Balaban J connectivity index is 0.00000180. The Morgan fingerprint density at radius 2 is 1.55 bits per heavy atom. The Hall–Kier alpha value is 0.410. The number of carboxylic acid groups (broad SMARTS) is 2. The topological polar surface area (TPSA) is 83.5 Å². The van der Waals surface area contributed by atoms with Crippen molar-refractivity contribution in [1.29, 1.82) is 0 Å². The third-order valence-corrected chi connectivity index (χ3v) is 3.34. The zero-order valence-electron chi connectivity index (χ0n) is 11.4. The Kier molecular flexibility index (Phi) is 8.32. The van der Waals surface area contributed by atoms with Crippen molar-refractivity contribution >= 4 is 23.5 Å². The molecule has 0 aromatic heterocycles. The Labute approximate surface area is 165 Å². The first-order valence-electron chi connectivity index (χ1n) is 5.34. The Morgan fingerprint density at radius 3 is 1.95 bits per heavy atom. The van der Waals surface area contributed by atoms with Crippen molar-refractivity contribution in [3.8, 4) is 0 Å². The fourth-order valence-electron chi connectivity index (χ4n) is 2.02. The van der Waals surface area contributed by atoms with Gasteiger partial charge in [-0.15, -0.1) is 0 Å². The first-order valence-corrected chi connectivity index (χ1v) is 5.71. The van der Waals surface area contributed by atoms with Gasteiger partial charge in [-0.1, -0.05) is 23.7 Å². The molecule has 1 aliphatic rings. The molecule has 1 aromatic rings. The molecule has 0 N–H and O–H groups in total. The zero-order chi connectivity index (χ0) is 13.3. The molecule has 0 aliphatic carbocycles. The van der Waals surface area contributed by atoms with Crippen LogP contribution in [0.25, 0.3) is 0 Å². The zero-order valence-corrected chi connectivity index (χ0v) is 16.1. The van der Waals surface area contributed by atoms with Crippen LogP contribution in [0, 0.1) is 5.41 Å². The maximum Gasteiger partial charge on any atom is 1.00 e. The molecule has 1 saturated heterocycles. The average molecular weight is 314 g/mol. The predicted molar refractivity (Wildman–Crippen MR) is 59.2 cm³/mol. The van der Waals surface area contributed by atoms with Gasteiger partial charge >= 0.3 is 59.1 Å². The van der Waals surface area contributed by atoms with E-state index in [-0.39, 0.29) is 72.2 Å². The summed E-state index contributed by atoms with van der Waals surface area (Å²) in [5.41, 5.74) is -0.934. The number of hydrogen-bond donors (Lipinski definition) is 0. The predicted octanol–water partition coefficient (Wildman–Crippen LogP) is -7.35. The third-order valence-electron chi connectivity index (χ3n) is 3.09. The molecule has 0 amide bonds. The number of halogens is 1. The molecule has 0 bridgehead atoms. The minimum absolute atomic E-state index is 0. The smallest absolute Gasteiger partial charge is 0.549 e. The number of carbonyl (C=O) groups excluding carboxylic acids is 2. The molecule has 0 spiro atoms. The van der Waals surface area contributed by atoms with Crippen LogP contribution in [-0.2, 0) is 16.1 Å². The van der Waals surface area contributed by atoms with Crippen LogP contribution in [0.1, 0.15) is 5.56 Å². The number of benzene rings is 1. The van der Waals surface area contributed by atoms with Gasteiger partial charge in [0.15, 0.2) is 0 Å². The van der Waals surface area contributed by atoms with E-state index >= 15 is 0 Å². The summed E-state index contributed by atoms with van der Waals surface area (Å²) in [6.45, 7) is 0.278. The maximum absolute atomic E-state index is 10.8. The van der Waals surface area contributed by atoms with Crippen LogP contribution in [0.2, 0.25) is 5.02 Å². The quantitative estimate of drug-likeness (QED) is 0.407. The summed E-state index contributed by atoms with van der Waals surface area (Å²) in [5, 5.41) is 22.2. The van der Waals surface area contributed by atoms with Gasteiger partial charge in [0.05, 0.1) is 17.4 Å². The first kappa shape index (κ1) is 20.4. The van der Waals surface area contributed by atoms with Gasteiger partial charge in [0, 0.05) is 24.7 Å². The average Bonchev–Trinajstić information content (AvgIpc) is 2.24. The van der Waals surface area contributed by atoms with Crippen LogP contribution in [0.4, 0.5) is 0 Å². The molecule has 1 heterocycles. The number of carboxylic acids is 2. The molecule has 0 saturated carbocycles. The maximum atomic E-state index is 10.8. The summed E-state index contributed by atoms with van der Waals surface area (Å²) in [6, 6.07) is 7.06. The summed E-state index contributed by atoms with van der Waals surface area (Å²) in [7, 11) is 0. The van der Waals surface area contributed by atoms with Crippen molar-refractivity contribution in [1.82, 2.24) is 4.90 Å². The normalized spacial score (nSPS) is 16.2. The second-order valence-electron chi connectivity index (χ2n) is 4.43. The monoisotopic (exact) mass is 313 g/mol. The van der Waals surface area contributed by atoms with Crippen molar-refractivity contribution in [3.63, 3.8) is 0 Å². The van der Waals surface area contributed by atoms with Crippen molar-refractivity contribution in [2.75, 3.05) is 13.1 Å². The van der Waals surface area contributed by atoms with Gasteiger partial charge in [0.2, 0.25) is 0 Å². The molecule has 1 aliphatic heterocycles. The molecule has 0 atom stereocenters. The van der Waals surface area contributed by atoms with Gasteiger partial charge < -0.3 is 19.8 Å². The van der Waals surface area contributed by atoms with Gasteiger partial charge in [0.25, 0.3) is 0 Å². The van der Waals surface area contributed by atoms with Crippen molar-refractivity contribution in [3.05, 3.63) is 34.9 Å². The van der Waals surface area contributed by atoms with E-state index in [1.54, 1.807) is 29.2 Å². The molecular formula is C12H10ClNNa2O4. The summed E-state index contributed by atoms with van der Waals surface area (Å²) >= 11 is 5.74. The Morgan fingerprint density at radius 1 is 1.10 bits per heavy atom. The van der Waals surface area contributed by atoms with Crippen LogP contribution in [0.3, 0.4) is 0 Å². The van der Waals surface area contributed by atoms with E-state index in [0.29, 0.717) is 11.6 Å². The number of nitrogens with zero attached hydrogens (tertiary/aromatic N) is 1. The first-order chi connectivity index (χ1) is 8.44. The van der Waals surface area contributed by atoms with E-state index in [4.69, 9.17) is 11.6 Å². The number of likely N-dealkylation sites (tertiary alicyclic amines) is 1. The summed E-state index contributed by atoms with van der Waals surface area (Å²) in [6.07, 6.45) is 0. The van der Waals surface area contributed by atoms with Crippen LogP contribution in [-0.4, -0.2) is 29.9 Å². The summed E-state index contributed by atoms with van der Waals surface area (Å²) in [5.74, 6) is -3.18. The third kappa shape index (κ3) is 4.21. The molecule has 1 aromatic carbocycles. The van der Waals surface area contributed by atoms with E-state index in [1.807, 2.05) is 0 Å². The van der Waals surface area contributed by atoms with Gasteiger partial charge in [-0.3, -0.25) is 4.90 Å². The van der Waals surface area contributed by atoms with Crippen molar-refractivity contribution < 1.29 is 78.9 Å². The molecule has 0 radical (unpaired) electrons. The van der Waals surface area contributed by atoms with E-state index < -0.39 is 17.4 Å². The largest absolute Gasteiger partial charge is 1.00 e. The summed E-state index contributed by atoms with van der Waals surface area (Å²) in [4.78, 5) is 23.3. The minimum atomic E-state index is -1.87. The summed E-state index contributed by atoms with van der Waals surface area (Å²) < 4.78 is 0. The molecule has 8 heteroatoms. The van der Waals surface area contributed by atoms with E-state index in [0.717, 1.165) is 5.56 Å². The molecule has 96 valence electrons. The van der Waals surface area contributed by atoms with Gasteiger partial charge in [-0.25, -0.2) is 0 Å². The molecule has 5 nitrogen and oxygen atoms in total. The fraction of sp³-hybridized carbons (Fsp3) is 0.333. The molecule has 2 rings (SSSR count). The molecule has 20 heavy (non-hydrogen) atoms. The Bertz CT molecular complexity index is 473. The van der Waals surface area contributed by atoms with E-state index in [9.17, 15) is 19.8 Å². The molecule has 0 unspecified atom stereocenters. The fourth-order valence-corrected chi connectivity index (χ4v) is 2.14. The van der Waals surface area contributed by atoms with E-state index in [1.165, 1.54) is 0 Å². The van der Waals surface area contributed by atoms with Crippen LogP contribution in [0.5, 0.6) is 0 Å². The van der Waals surface area contributed by atoms with Crippen LogP contribution >= 0.6 is 11.6 Å². The molecular weight excluding hydrogens is 304 g/mol. The molecule has 1 fully saturated rings. The van der Waals surface area contributed by atoms with Gasteiger partial charge in [-0.05, 0) is 17.7 Å². The van der Waals surface area contributed by atoms with E-state index in [2.05, 4.69) is 0 Å². The van der Waals surface area contributed by atoms with Gasteiger partial charge in [0.1, 0.15) is 0 Å².